The molecule has 0 saturated heterocycles. The van der Waals surface area contributed by atoms with Crippen LogP contribution in [-0.2, 0) is 0 Å². The van der Waals surface area contributed by atoms with Crippen LogP contribution in [0.3, 0.4) is 0 Å². The average molecular weight is 212 g/mol. The van der Waals surface area contributed by atoms with Crippen LogP contribution in [0.2, 0.25) is 5.15 Å². The van der Waals surface area contributed by atoms with Gasteiger partial charge in [0.25, 0.3) is 0 Å². The van der Waals surface area contributed by atoms with Crippen molar-refractivity contribution in [3.63, 3.8) is 0 Å². The van der Waals surface area contributed by atoms with Gasteiger partial charge in [-0.05, 0) is 12.1 Å². The van der Waals surface area contributed by atoms with E-state index < -0.39 is 6.09 Å². The minimum atomic E-state index is -1.19. The van der Waals surface area contributed by atoms with Crippen molar-refractivity contribution in [3.8, 4) is 0 Å². The second kappa shape index (κ2) is 2.88. The number of rotatable bonds is 0. The van der Waals surface area contributed by atoms with Crippen molar-refractivity contribution < 1.29 is 9.90 Å². The standard InChI is InChI=1S/C8H6ClN3O2/c9-7-6-4(10)2-1-3-5(6)12(11-7)8(13)14/h1-3H,10H2,(H,13,14). The number of nitrogen functional groups attached to an aromatic ring is 1. The normalized spacial score (nSPS) is 10.6. The van der Waals surface area contributed by atoms with E-state index in [9.17, 15) is 4.79 Å². The molecular weight excluding hydrogens is 206 g/mol. The summed E-state index contributed by atoms with van der Waals surface area (Å²) >= 11 is 5.75. The fraction of sp³-hybridized carbons (Fsp3) is 0. The Hall–Kier alpha value is -1.75. The Kier molecular flexibility index (Phi) is 1.82. The van der Waals surface area contributed by atoms with E-state index in [-0.39, 0.29) is 5.15 Å². The van der Waals surface area contributed by atoms with Crippen molar-refractivity contribution >= 4 is 34.3 Å². The van der Waals surface area contributed by atoms with Gasteiger partial charge in [0.05, 0.1) is 10.9 Å². The predicted octanol–water partition coefficient (Wildman–Crippen LogP) is 1.80. The van der Waals surface area contributed by atoms with Gasteiger partial charge < -0.3 is 10.8 Å². The zero-order valence-electron chi connectivity index (χ0n) is 6.94. The SMILES string of the molecule is Nc1cccc2c1c(Cl)nn2C(=O)O. The first kappa shape index (κ1) is 8.83. The highest BCUT2D eigenvalue weighted by Gasteiger charge is 2.14. The molecule has 0 radical (unpaired) electrons. The first-order valence-corrected chi connectivity index (χ1v) is 4.15. The van der Waals surface area contributed by atoms with Crippen molar-refractivity contribution in [3.05, 3.63) is 23.4 Å². The monoisotopic (exact) mass is 211 g/mol. The van der Waals surface area contributed by atoms with Gasteiger partial charge in [-0.25, -0.2) is 4.79 Å². The lowest BCUT2D eigenvalue weighted by Gasteiger charge is -1.96. The minimum Gasteiger partial charge on any atom is -0.463 e. The Labute approximate surface area is 83.7 Å². The van der Waals surface area contributed by atoms with Crippen molar-refractivity contribution in [2.75, 3.05) is 5.73 Å². The quantitative estimate of drug-likeness (QED) is 0.651. The molecular formula is C8H6ClN3O2. The van der Waals surface area contributed by atoms with Crippen LogP contribution in [-0.4, -0.2) is 21.0 Å². The van der Waals surface area contributed by atoms with Gasteiger partial charge in [-0.2, -0.15) is 4.68 Å². The molecule has 1 heterocycles. The molecule has 14 heavy (non-hydrogen) atoms. The third-order valence-corrected chi connectivity index (χ3v) is 2.14. The maximum absolute atomic E-state index is 10.7. The second-order valence-corrected chi connectivity index (χ2v) is 3.08. The molecule has 6 heteroatoms. The lowest BCUT2D eigenvalue weighted by Crippen LogP contribution is -2.09. The largest absolute Gasteiger partial charge is 0.463 e. The maximum atomic E-state index is 10.7. The van der Waals surface area contributed by atoms with Crippen molar-refractivity contribution in [2.45, 2.75) is 0 Å². The molecule has 0 bridgehead atoms. The fourth-order valence-electron chi connectivity index (χ4n) is 1.30. The molecule has 0 aliphatic carbocycles. The van der Waals surface area contributed by atoms with Crippen LogP contribution in [0.1, 0.15) is 0 Å². The number of halogens is 1. The van der Waals surface area contributed by atoms with Gasteiger partial charge in [-0.3, -0.25) is 0 Å². The molecule has 0 spiro atoms. The summed E-state index contributed by atoms with van der Waals surface area (Å²) in [5.74, 6) is 0. The zero-order valence-corrected chi connectivity index (χ0v) is 7.69. The first-order valence-electron chi connectivity index (χ1n) is 3.77. The second-order valence-electron chi connectivity index (χ2n) is 2.73. The molecule has 2 aromatic rings. The third-order valence-electron chi connectivity index (χ3n) is 1.88. The number of carboxylic acid groups (broad SMARTS) is 1. The molecule has 2 rings (SSSR count). The van der Waals surface area contributed by atoms with Gasteiger partial charge in [0.1, 0.15) is 0 Å². The highest BCUT2D eigenvalue weighted by Crippen LogP contribution is 2.27. The van der Waals surface area contributed by atoms with Crippen LogP contribution in [0.15, 0.2) is 18.2 Å². The summed E-state index contributed by atoms with van der Waals surface area (Å²) in [6, 6.07) is 4.88. The molecule has 1 aromatic heterocycles. The molecule has 0 atom stereocenters. The summed E-state index contributed by atoms with van der Waals surface area (Å²) in [4.78, 5) is 10.7. The lowest BCUT2D eigenvalue weighted by molar-refractivity contribution is 0.194. The van der Waals surface area contributed by atoms with Gasteiger partial charge in [0.2, 0.25) is 0 Å². The van der Waals surface area contributed by atoms with E-state index in [2.05, 4.69) is 5.10 Å². The highest BCUT2D eigenvalue weighted by atomic mass is 35.5. The Morgan fingerprint density at radius 2 is 2.29 bits per heavy atom. The number of nitrogens with two attached hydrogens (primary N) is 1. The first-order chi connectivity index (χ1) is 6.61. The number of nitrogens with zero attached hydrogens (tertiary/aromatic N) is 2. The molecule has 3 N–H and O–H groups in total. The summed E-state index contributed by atoms with van der Waals surface area (Å²) in [5.41, 5.74) is 6.45. The molecule has 0 fully saturated rings. The Morgan fingerprint density at radius 1 is 1.57 bits per heavy atom. The zero-order chi connectivity index (χ0) is 10.3. The average Bonchev–Trinajstić information content (AvgIpc) is 2.45. The van der Waals surface area contributed by atoms with E-state index >= 15 is 0 Å². The highest BCUT2D eigenvalue weighted by molar-refractivity contribution is 6.35. The summed E-state index contributed by atoms with van der Waals surface area (Å²) in [5, 5.41) is 13.0. The predicted molar refractivity (Wildman–Crippen MR) is 52.6 cm³/mol. The molecule has 0 aliphatic rings. The number of fused-ring (bicyclic) bond motifs is 1. The van der Waals surface area contributed by atoms with Gasteiger partial charge in [-0.1, -0.05) is 17.7 Å². The number of anilines is 1. The fourth-order valence-corrected chi connectivity index (χ4v) is 1.58. The molecule has 0 amide bonds. The molecule has 5 nitrogen and oxygen atoms in total. The van der Waals surface area contributed by atoms with Crippen LogP contribution in [0.25, 0.3) is 10.9 Å². The summed E-state index contributed by atoms with van der Waals surface area (Å²) in [6.45, 7) is 0. The summed E-state index contributed by atoms with van der Waals surface area (Å²) in [7, 11) is 0. The maximum Gasteiger partial charge on any atom is 0.432 e. The van der Waals surface area contributed by atoms with Crippen molar-refractivity contribution in [1.29, 1.82) is 0 Å². The minimum absolute atomic E-state index is 0.0977. The van der Waals surface area contributed by atoms with Crippen LogP contribution >= 0.6 is 11.6 Å². The van der Waals surface area contributed by atoms with E-state index in [1.807, 2.05) is 0 Å². The van der Waals surface area contributed by atoms with Crippen LogP contribution in [0.4, 0.5) is 10.5 Å². The van der Waals surface area contributed by atoms with Gasteiger partial charge in [-0.15, -0.1) is 5.10 Å². The van der Waals surface area contributed by atoms with Crippen LogP contribution in [0, 0.1) is 0 Å². The van der Waals surface area contributed by atoms with Crippen LogP contribution < -0.4 is 5.73 Å². The Morgan fingerprint density at radius 3 is 2.93 bits per heavy atom. The Balaban J connectivity index is 2.91. The van der Waals surface area contributed by atoms with Crippen LogP contribution in [0.5, 0.6) is 0 Å². The van der Waals surface area contributed by atoms with E-state index in [0.717, 1.165) is 4.68 Å². The molecule has 72 valence electrons. The smallest absolute Gasteiger partial charge is 0.432 e. The van der Waals surface area contributed by atoms with Gasteiger partial charge >= 0.3 is 6.09 Å². The molecule has 0 unspecified atom stereocenters. The number of benzene rings is 1. The molecule has 0 aliphatic heterocycles. The lowest BCUT2D eigenvalue weighted by atomic mass is 10.2. The number of carbonyl (C=O) groups is 1. The topological polar surface area (TPSA) is 81.1 Å². The van der Waals surface area contributed by atoms with Gasteiger partial charge in [0.15, 0.2) is 5.15 Å². The van der Waals surface area contributed by atoms with E-state index in [1.54, 1.807) is 18.2 Å². The van der Waals surface area contributed by atoms with E-state index in [1.165, 1.54) is 0 Å². The summed E-state index contributed by atoms with van der Waals surface area (Å²) < 4.78 is 0.800. The number of aromatic nitrogens is 2. The van der Waals surface area contributed by atoms with E-state index in [4.69, 9.17) is 22.4 Å². The number of hydrogen-bond donors (Lipinski definition) is 2. The van der Waals surface area contributed by atoms with E-state index in [0.29, 0.717) is 16.6 Å². The number of hydrogen-bond acceptors (Lipinski definition) is 3. The Bertz CT molecular complexity index is 521. The summed E-state index contributed by atoms with van der Waals surface area (Å²) in [6.07, 6.45) is -1.19. The van der Waals surface area contributed by atoms with Gasteiger partial charge in [0, 0.05) is 5.69 Å². The molecule has 1 aromatic carbocycles. The molecule has 0 saturated carbocycles. The third kappa shape index (κ3) is 1.10. The van der Waals surface area contributed by atoms with Crippen molar-refractivity contribution in [2.24, 2.45) is 0 Å². The van der Waals surface area contributed by atoms with Crippen molar-refractivity contribution in [1.82, 2.24) is 9.78 Å².